The van der Waals surface area contributed by atoms with Crippen LogP contribution in [0.5, 0.6) is 0 Å². The number of rotatable bonds is 6. The lowest BCUT2D eigenvalue weighted by molar-refractivity contribution is -0.113. The molecule has 0 spiro atoms. The number of carbonyl (C=O) groups is 1. The van der Waals surface area contributed by atoms with Crippen LogP contribution in [0.3, 0.4) is 0 Å². The molecule has 2 aromatic carbocycles. The molecule has 1 amide bonds. The SMILES string of the molecule is O=C(CSc1ncnc2c1cnn2Cc1ccccc1)Nc1cccc(Cl)c1. The lowest BCUT2D eigenvalue weighted by atomic mass is 10.2. The second-order valence-corrected chi connectivity index (χ2v) is 7.45. The number of halogens is 1. The van der Waals surface area contributed by atoms with E-state index in [2.05, 4.69) is 20.4 Å². The third-order valence-electron chi connectivity index (χ3n) is 4.02. The summed E-state index contributed by atoms with van der Waals surface area (Å²) in [5.41, 5.74) is 2.56. The lowest BCUT2D eigenvalue weighted by Gasteiger charge is -2.06. The summed E-state index contributed by atoms with van der Waals surface area (Å²) < 4.78 is 1.84. The summed E-state index contributed by atoms with van der Waals surface area (Å²) in [6.45, 7) is 0.626. The van der Waals surface area contributed by atoms with E-state index in [0.29, 0.717) is 17.3 Å². The van der Waals surface area contributed by atoms with Gasteiger partial charge in [-0.3, -0.25) is 4.79 Å². The molecule has 2 aromatic heterocycles. The Bertz CT molecular complexity index is 1120. The zero-order chi connectivity index (χ0) is 19.3. The summed E-state index contributed by atoms with van der Waals surface area (Å²) >= 11 is 7.30. The highest BCUT2D eigenvalue weighted by Gasteiger charge is 2.12. The highest BCUT2D eigenvalue weighted by atomic mass is 35.5. The molecule has 0 atom stereocenters. The molecule has 0 unspecified atom stereocenters. The highest BCUT2D eigenvalue weighted by molar-refractivity contribution is 8.00. The largest absolute Gasteiger partial charge is 0.325 e. The third-order valence-corrected chi connectivity index (χ3v) is 5.26. The summed E-state index contributed by atoms with van der Waals surface area (Å²) in [5, 5.41) is 9.41. The number of amides is 1. The van der Waals surface area contributed by atoms with Crippen LogP contribution in [0, 0.1) is 0 Å². The molecule has 1 N–H and O–H groups in total. The van der Waals surface area contributed by atoms with E-state index < -0.39 is 0 Å². The first-order valence-corrected chi connectivity index (χ1v) is 9.94. The van der Waals surface area contributed by atoms with Crippen molar-refractivity contribution in [3.8, 4) is 0 Å². The minimum absolute atomic E-state index is 0.129. The van der Waals surface area contributed by atoms with E-state index >= 15 is 0 Å². The Labute approximate surface area is 171 Å². The summed E-state index contributed by atoms with van der Waals surface area (Å²) in [6.07, 6.45) is 3.25. The van der Waals surface area contributed by atoms with Crippen molar-refractivity contribution in [1.29, 1.82) is 0 Å². The highest BCUT2D eigenvalue weighted by Crippen LogP contribution is 2.25. The number of fused-ring (bicyclic) bond motifs is 1. The van der Waals surface area contributed by atoms with Gasteiger partial charge >= 0.3 is 0 Å². The monoisotopic (exact) mass is 409 g/mol. The van der Waals surface area contributed by atoms with E-state index in [1.165, 1.54) is 18.1 Å². The van der Waals surface area contributed by atoms with Crippen LogP contribution in [0.25, 0.3) is 11.0 Å². The molecule has 4 rings (SSSR count). The molecule has 0 aliphatic carbocycles. The third kappa shape index (κ3) is 4.32. The smallest absolute Gasteiger partial charge is 0.234 e. The van der Waals surface area contributed by atoms with Crippen LogP contribution >= 0.6 is 23.4 Å². The Hall–Kier alpha value is -2.90. The van der Waals surface area contributed by atoms with Crippen LogP contribution in [0.2, 0.25) is 5.02 Å². The predicted molar refractivity (Wildman–Crippen MR) is 112 cm³/mol. The zero-order valence-corrected chi connectivity index (χ0v) is 16.3. The molecule has 0 saturated carbocycles. The Kier molecular flexibility index (Phi) is 5.55. The van der Waals surface area contributed by atoms with Gasteiger partial charge in [-0.25, -0.2) is 14.6 Å². The van der Waals surface area contributed by atoms with Gasteiger partial charge in [-0.2, -0.15) is 5.10 Å². The first kappa shape index (κ1) is 18.5. The molecule has 8 heteroatoms. The topological polar surface area (TPSA) is 72.7 Å². The molecule has 0 saturated heterocycles. The predicted octanol–water partition coefficient (Wildman–Crippen LogP) is 4.26. The molecule has 6 nitrogen and oxygen atoms in total. The van der Waals surface area contributed by atoms with Gasteiger partial charge in [-0.15, -0.1) is 0 Å². The van der Waals surface area contributed by atoms with Crippen molar-refractivity contribution >= 4 is 46.0 Å². The standard InChI is InChI=1S/C20H16ClN5OS/c21-15-7-4-8-16(9-15)25-18(27)12-28-20-17-10-24-26(19(17)22-13-23-20)11-14-5-2-1-3-6-14/h1-10,13H,11-12H2,(H,25,27). The van der Waals surface area contributed by atoms with E-state index in [9.17, 15) is 4.79 Å². The number of hydrogen-bond donors (Lipinski definition) is 1. The van der Waals surface area contributed by atoms with Crippen LogP contribution in [0.4, 0.5) is 5.69 Å². The number of nitrogens with zero attached hydrogens (tertiary/aromatic N) is 4. The minimum atomic E-state index is -0.129. The van der Waals surface area contributed by atoms with E-state index in [1.54, 1.807) is 30.5 Å². The van der Waals surface area contributed by atoms with Crippen molar-refractivity contribution in [1.82, 2.24) is 19.7 Å². The van der Waals surface area contributed by atoms with Crippen LogP contribution in [0.1, 0.15) is 5.56 Å². The molecule has 4 aromatic rings. The Morgan fingerprint density at radius 3 is 2.79 bits per heavy atom. The van der Waals surface area contributed by atoms with E-state index in [-0.39, 0.29) is 11.7 Å². The fourth-order valence-electron chi connectivity index (χ4n) is 2.76. The van der Waals surface area contributed by atoms with E-state index in [0.717, 1.165) is 21.6 Å². The molecular weight excluding hydrogens is 394 g/mol. The average molecular weight is 410 g/mol. The van der Waals surface area contributed by atoms with Gasteiger partial charge in [0.25, 0.3) is 0 Å². The van der Waals surface area contributed by atoms with Gasteiger partial charge in [0.2, 0.25) is 5.91 Å². The normalized spacial score (nSPS) is 10.9. The molecule has 0 fully saturated rings. The fourth-order valence-corrected chi connectivity index (χ4v) is 3.71. The van der Waals surface area contributed by atoms with Crippen molar-refractivity contribution in [2.45, 2.75) is 11.6 Å². The molecule has 0 bridgehead atoms. The van der Waals surface area contributed by atoms with E-state index in [4.69, 9.17) is 11.6 Å². The van der Waals surface area contributed by atoms with Crippen molar-refractivity contribution in [3.05, 3.63) is 77.7 Å². The molecule has 28 heavy (non-hydrogen) atoms. The van der Waals surface area contributed by atoms with Crippen molar-refractivity contribution < 1.29 is 4.79 Å². The number of nitrogens with one attached hydrogen (secondary N) is 1. The van der Waals surface area contributed by atoms with Gasteiger partial charge < -0.3 is 5.32 Å². The maximum absolute atomic E-state index is 12.2. The fraction of sp³-hybridized carbons (Fsp3) is 0.100. The van der Waals surface area contributed by atoms with Crippen molar-refractivity contribution in [2.75, 3.05) is 11.1 Å². The first-order valence-electron chi connectivity index (χ1n) is 8.58. The molecule has 140 valence electrons. The quantitative estimate of drug-likeness (QED) is 0.380. The maximum atomic E-state index is 12.2. The first-order chi connectivity index (χ1) is 13.7. The lowest BCUT2D eigenvalue weighted by Crippen LogP contribution is -2.14. The number of anilines is 1. The minimum Gasteiger partial charge on any atom is -0.325 e. The van der Waals surface area contributed by atoms with Gasteiger partial charge in [-0.05, 0) is 23.8 Å². The molecule has 0 aliphatic heterocycles. The number of thioether (sulfide) groups is 1. The van der Waals surface area contributed by atoms with Gasteiger partial charge in [0.15, 0.2) is 5.65 Å². The van der Waals surface area contributed by atoms with Gasteiger partial charge in [0.1, 0.15) is 11.4 Å². The van der Waals surface area contributed by atoms with Crippen LogP contribution in [-0.4, -0.2) is 31.4 Å². The molecule has 0 radical (unpaired) electrons. The maximum Gasteiger partial charge on any atom is 0.234 e. The summed E-state index contributed by atoms with van der Waals surface area (Å²) in [6, 6.07) is 17.1. The molecule has 2 heterocycles. The zero-order valence-electron chi connectivity index (χ0n) is 14.7. The second-order valence-electron chi connectivity index (χ2n) is 6.05. The Balaban J connectivity index is 1.46. The van der Waals surface area contributed by atoms with Crippen LogP contribution in [-0.2, 0) is 11.3 Å². The number of aromatic nitrogens is 4. The van der Waals surface area contributed by atoms with Crippen LogP contribution < -0.4 is 5.32 Å². The number of carbonyl (C=O) groups excluding carboxylic acids is 1. The van der Waals surface area contributed by atoms with Gasteiger partial charge in [-0.1, -0.05) is 59.8 Å². The summed E-state index contributed by atoms with van der Waals surface area (Å²) in [7, 11) is 0. The van der Waals surface area contributed by atoms with Gasteiger partial charge in [0, 0.05) is 10.7 Å². The van der Waals surface area contributed by atoms with Gasteiger partial charge in [0.05, 0.1) is 23.9 Å². The molecular formula is C20H16ClN5OS. The summed E-state index contributed by atoms with van der Waals surface area (Å²) in [5.74, 6) is 0.0957. The average Bonchev–Trinajstić information content (AvgIpc) is 3.11. The van der Waals surface area contributed by atoms with Crippen LogP contribution in [0.15, 0.2) is 72.1 Å². The van der Waals surface area contributed by atoms with E-state index in [1.807, 2.05) is 35.0 Å². The van der Waals surface area contributed by atoms with Crippen molar-refractivity contribution in [3.63, 3.8) is 0 Å². The van der Waals surface area contributed by atoms with Crippen molar-refractivity contribution in [2.24, 2.45) is 0 Å². The number of hydrogen-bond acceptors (Lipinski definition) is 5. The summed E-state index contributed by atoms with van der Waals surface area (Å²) in [4.78, 5) is 20.9. The molecule has 0 aliphatic rings. The second kappa shape index (κ2) is 8.41. The Morgan fingerprint density at radius 2 is 1.96 bits per heavy atom. The Morgan fingerprint density at radius 1 is 1.11 bits per heavy atom. The number of benzene rings is 2.